The minimum absolute atomic E-state index is 0.0203. The van der Waals surface area contributed by atoms with E-state index in [4.69, 9.17) is 0 Å². The number of hydrogen-bond donors (Lipinski definition) is 1. The van der Waals surface area contributed by atoms with Gasteiger partial charge < -0.3 is 9.88 Å². The van der Waals surface area contributed by atoms with E-state index in [1.807, 2.05) is 61.7 Å². The number of fused-ring (bicyclic) bond motifs is 1. The molecule has 1 heterocycles. The van der Waals surface area contributed by atoms with Crippen LogP contribution in [0, 0.1) is 15.9 Å². The summed E-state index contributed by atoms with van der Waals surface area (Å²) < 4.78 is 16.0. The zero-order chi connectivity index (χ0) is 28.8. The lowest BCUT2D eigenvalue weighted by molar-refractivity contribution is -0.384. The Morgan fingerprint density at radius 3 is 2.24 bits per heavy atom. The number of carbonyl (C=O) groups excluding carboxylic acids is 1. The molecule has 0 unspecified atom stereocenters. The molecule has 5 rings (SSSR count). The van der Waals surface area contributed by atoms with Crippen molar-refractivity contribution in [2.45, 2.75) is 44.7 Å². The second kappa shape index (κ2) is 12.6. The molecule has 4 aromatic carbocycles. The Labute approximate surface area is 238 Å². The van der Waals surface area contributed by atoms with E-state index >= 15 is 0 Å². The molecular weight excluding hydrogens is 517 g/mol. The number of aryl methyl sites for hydroxylation is 1. The molecule has 1 N–H and O–H groups in total. The summed E-state index contributed by atoms with van der Waals surface area (Å²) in [5.41, 5.74) is 4.66. The van der Waals surface area contributed by atoms with Gasteiger partial charge in [-0.1, -0.05) is 72.8 Å². The molecule has 0 saturated heterocycles. The van der Waals surface area contributed by atoms with Crippen LogP contribution in [0.25, 0.3) is 10.9 Å². The first kappa shape index (κ1) is 27.8. The maximum atomic E-state index is 13.9. The van der Waals surface area contributed by atoms with Crippen molar-refractivity contribution in [2.24, 2.45) is 0 Å². The van der Waals surface area contributed by atoms with Gasteiger partial charge in [0.25, 0.3) is 5.69 Å². The number of nitrogens with one attached hydrogen (secondary N) is 1. The second-order valence-electron chi connectivity index (χ2n) is 10.5. The van der Waals surface area contributed by atoms with Crippen LogP contribution in [0.15, 0.2) is 109 Å². The number of amides is 1. The molecule has 0 spiro atoms. The number of halogens is 1. The van der Waals surface area contributed by atoms with Crippen LogP contribution in [0.4, 0.5) is 10.1 Å². The smallest absolute Gasteiger partial charge is 0.270 e. The van der Waals surface area contributed by atoms with E-state index in [9.17, 15) is 19.3 Å². The Balaban J connectivity index is 1.48. The number of non-ortho nitro benzene ring substituents is 1. The molecule has 5 aromatic rings. The van der Waals surface area contributed by atoms with Crippen molar-refractivity contribution in [1.29, 1.82) is 0 Å². The number of nitrogens with zero attached hydrogens (tertiary/aromatic N) is 2. The Morgan fingerprint density at radius 1 is 0.927 bits per heavy atom. The quantitative estimate of drug-likeness (QED) is 0.138. The predicted octanol–water partition coefficient (Wildman–Crippen LogP) is 7.40. The molecule has 0 aliphatic carbocycles. The second-order valence-corrected chi connectivity index (χ2v) is 10.5. The fourth-order valence-electron chi connectivity index (χ4n) is 5.34. The third-order valence-electron chi connectivity index (χ3n) is 7.46. The van der Waals surface area contributed by atoms with E-state index in [0.717, 1.165) is 35.0 Å². The van der Waals surface area contributed by atoms with Gasteiger partial charge >= 0.3 is 0 Å². The van der Waals surface area contributed by atoms with Crippen LogP contribution < -0.4 is 5.32 Å². The maximum absolute atomic E-state index is 13.9. The lowest BCUT2D eigenvalue weighted by Gasteiger charge is -2.20. The van der Waals surface area contributed by atoms with Gasteiger partial charge in [0, 0.05) is 54.2 Å². The molecular formula is C34H32FN3O3. The summed E-state index contributed by atoms with van der Waals surface area (Å²) in [4.78, 5) is 24.7. The van der Waals surface area contributed by atoms with Crippen LogP contribution >= 0.6 is 0 Å². The molecule has 7 heteroatoms. The fourth-order valence-corrected chi connectivity index (χ4v) is 5.34. The molecule has 1 amide bonds. The number of aromatic nitrogens is 1. The summed E-state index contributed by atoms with van der Waals surface area (Å²) in [6.07, 6.45) is 3.73. The Hall–Kier alpha value is -4.78. The Kier molecular flexibility index (Phi) is 8.53. The van der Waals surface area contributed by atoms with Crippen LogP contribution in [0.1, 0.15) is 47.9 Å². The highest BCUT2D eigenvalue weighted by Crippen LogP contribution is 2.37. The van der Waals surface area contributed by atoms with Crippen LogP contribution in [0.2, 0.25) is 0 Å². The molecule has 1 aromatic heterocycles. The van der Waals surface area contributed by atoms with Crippen molar-refractivity contribution >= 4 is 22.5 Å². The average molecular weight is 550 g/mol. The molecule has 208 valence electrons. The van der Waals surface area contributed by atoms with E-state index in [-0.39, 0.29) is 29.9 Å². The molecule has 0 bridgehead atoms. The molecule has 2 atom stereocenters. The third-order valence-corrected chi connectivity index (χ3v) is 7.46. The third kappa shape index (κ3) is 6.87. The molecule has 0 fully saturated rings. The van der Waals surface area contributed by atoms with E-state index in [0.29, 0.717) is 11.9 Å². The van der Waals surface area contributed by atoms with Crippen LogP contribution in [0.5, 0.6) is 0 Å². The summed E-state index contributed by atoms with van der Waals surface area (Å²) in [6.45, 7) is 2.55. The largest absolute Gasteiger partial charge is 0.354 e. The number of nitro groups is 1. The first-order chi connectivity index (χ1) is 19.9. The number of rotatable bonds is 11. The zero-order valence-corrected chi connectivity index (χ0v) is 22.9. The lowest BCUT2D eigenvalue weighted by atomic mass is 9.87. The molecule has 6 nitrogen and oxygen atoms in total. The number of carbonyl (C=O) groups is 1. The van der Waals surface area contributed by atoms with E-state index < -0.39 is 10.8 Å². The molecule has 0 radical (unpaired) electrons. The van der Waals surface area contributed by atoms with E-state index in [1.54, 1.807) is 24.3 Å². The first-order valence-electron chi connectivity index (χ1n) is 13.8. The topological polar surface area (TPSA) is 77.2 Å². The van der Waals surface area contributed by atoms with Crippen molar-refractivity contribution in [3.8, 4) is 0 Å². The van der Waals surface area contributed by atoms with Crippen molar-refractivity contribution in [1.82, 2.24) is 9.88 Å². The highest BCUT2D eigenvalue weighted by atomic mass is 19.1. The molecule has 0 aliphatic rings. The van der Waals surface area contributed by atoms with Gasteiger partial charge in [-0.05, 0) is 60.2 Å². The van der Waals surface area contributed by atoms with E-state index in [2.05, 4.69) is 22.0 Å². The van der Waals surface area contributed by atoms with Gasteiger partial charge in [-0.15, -0.1) is 0 Å². The van der Waals surface area contributed by atoms with Crippen molar-refractivity contribution in [3.63, 3.8) is 0 Å². The van der Waals surface area contributed by atoms with Gasteiger partial charge in [0.15, 0.2) is 0 Å². The zero-order valence-electron chi connectivity index (χ0n) is 22.9. The van der Waals surface area contributed by atoms with Gasteiger partial charge in [-0.25, -0.2) is 4.39 Å². The molecule has 0 aliphatic heterocycles. The van der Waals surface area contributed by atoms with Gasteiger partial charge in [-0.3, -0.25) is 14.9 Å². The SMILES string of the molecule is C[C@@H](CCc1ccccc1)NC(=O)C[C@@H](c1ccc(F)cc1)c1cn(Cc2ccccc2)c2ccc([N+](=O)[O-])cc12. The first-order valence-corrected chi connectivity index (χ1v) is 13.8. The lowest BCUT2D eigenvalue weighted by Crippen LogP contribution is -2.33. The average Bonchev–Trinajstić information content (AvgIpc) is 3.33. The van der Waals surface area contributed by atoms with Gasteiger partial charge in [0.1, 0.15) is 5.82 Å². The standard InChI is InChI=1S/C34H32FN3O3/c1-24(12-13-25-8-4-2-5-9-25)36-34(39)21-30(27-14-16-28(35)17-15-27)32-23-37(22-26-10-6-3-7-11-26)33-19-18-29(38(40)41)20-31(32)33/h2-11,14-20,23-24,30H,12-13,21-22H2,1H3,(H,36,39)/t24-,30-/m0/s1. The number of nitro benzene ring substituents is 1. The fraction of sp³-hybridized carbons (Fsp3) is 0.206. The number of benzene rings is 4. The molecule has 0 saturated carbocycles. The van der Waals surface area contributed by atoms with Gasteiger partial charge in [0.2, 0.25) is 5.91 Å². The maximum Gasteiger partial charge on any atom is 0.270 e. The van der Waals surface area contributed by atoms with Crippen LogP contribution in [-0.2, 0) is 17.8 Å². The number of hydrogen-bond acceptors (Lipinski definition) is 3. The minimum atomic E-state index is -0.432. The summed E-state index contributed by atoms with van der Waals surface area (Å²) in [6, 6.07) is 31.0. The minimum Gasteiger partial charge on any atom is -0.354 e. The monoisotopic (exact) mass is 549 g/mol. The van der Waals surface area contributed by atoms with Crippen LogP contribution in [-0.4, -0.2) is 21.4 Å². The summed E-state index contributed by atoms with van der Waals surface area (Å²) >= 11 is 0. The summed E-state index contributed by atoms with van der Waals surface area (Å²) in [5, 5.41) is 15.5. The van der Waals surface area contributed by atoms with Gasteiger partial charge in [0.05, 0.1) is 4.92 Å². The predicted molar refractivity (Wildman–Crippen MR) is 159 cm³/mol. The highest BCUT2D eigenvalue weighted by molar-refractivity contribution is 5.88. The van der Waals surface area contributed by atoms with E-state index in [1.165, 1.54) is 23.8 Å². The van der Waals surface area contributed by atoms with Crippen molar-refractivity contribution < 1.29 is 14.1 Å². The molecule has 41 heavy (non-hydrogen) atoms. The van der Waals surface area contributed by atoms with Crippen LogP contribution in [0.3, 0.4) is 0 Å². The summed E-state index contributed by atoms with van der Waals surface area (Å²) in [7, 11) is 0. The van der Waals surface area contributed by atoms with Crippen molar-refractivity contribution in [3.05, 3.63) is 148 Å². The summed E-state index contributed by atoms with van der Waals surface area (Å²) in [5.74, 6) is -0.929. The Bertz CT molecular complexity index is 1630. The Morgan fingerprint density at radius 2 is 1.59 bits per heavy atom. The van der Waals surface area contributed by atoms with Crippen molar-refractivity contribution in [2.75, 3.05) is 0 Å². The highest BCUT2D eigenvalue weighted by Gasteiger charge is 2.25. The normalized spacial score (nSPS) is 12.6. The van der Waals surface area contributed by atoms with Gasteiger partial charge in [-0.2, -0.15) is 0 Å².